The summed E-state index contributed by atoms with van der Waals surface area (Å²) in [7, 11) is -2.84. The van der Waals surface area contributed by atoms with Crippen molar-refractivity contribution in [1.29, 1.82) is 0 Å². The van der Waals surface area contributed by atoms with E-state index in [1.165, 1.54) is 6.26 Å². The Morgan fingerprint density at radius 2 is 1.89 bits per heavy atom. The Bertz CT molecular complexity index is 440. The van der Waals surface area contributed by atoms with Gasteiger partial charge in [-0.1, -0.05) is 12.1 Å². The minimum atomic E-state index is -2.84. The Morgan fingerprint density at radius 1 is 1.22 bits per heavy atom. The van der Waals surface area contributed by atoms with E-state index in [1.807, 2.05) is 31.2 Å². The molecule has 102 valence electrons. The van der Waals surface area contributed by atoms with Gasteiger partial charge in [-0.05, 0) is 37.6 Å². The van der Waals surface area contributed by atoms with Gasteiger partial charge in [-0.25, -0.2) is 8.42 Å². The van der Waals surface area contributed by atoms with Crippen LogP contribution in [0.5, 0.6) is 5.75 Å². The smallest absolute Gasteiger partial charge is 0.147 e. The van der Waals surface area contributed by atoms with E-state index < -0.39 is 9.84 Å². The van der Waals surface area contributed by atoms with Crippen LogP contribution in [0.1, 0.15) is 18.9 Å². The number of rotatable bonds is 8. The SMILES string of the molecule is CCOc1ccc(CNCCCS(C)(=O)=O)cc1. The summed E-state index contributed by atoms with van der Waals surface area (Å²) < 4.78 is 27.2. The molecular formula is C13H21NO3S. The molecule has 0 amide bonds. The molecule has 0 heterocycles. The molecule has 18 heavy (non-hydrogen) atoms. The molecule has 1 N–H and O–H groups in total. The van der Waals surface area contributed by atoms with Gasteiger partial charge in [-0.3, -0.25) is 0 Å². The molecule has 0 fully saturated rings. The maximum Gasteiger partial charge on any atom is 0.147 e. The van der Waals surface area contributed by atoms with Crippen LogP contribution in [0.2, 0.25) is 0 Å². The molecule has 1 rings (SSSR count). The Balaban J connectivity index is 2.23. The van der Waals surface area contributed by atoms with Crippen molar-refractivity contribution in [1.82, 2.24) is 5.32 Å². The van der Waals surface area contributed by atoms with E-state index in [0.29, 0.717) is 19.6 Å². The minimum Gasteiger partial charge on any atom is -0.494 e. The number of ether oxygens (including phenoxy) is 1. The van der Waals surface area contributed by atoms with E-state index in [-0.39, 0.29) is 5.75 Å². The van der Waals surface area contributed by atoms with Crippen molar-refractivity contribution in [2.45, 2.75) is 19.9 Å². The lowest BCUT2D eigenvalue weighted by Crippen LogP contribution is -2.17. The van der Waals surface area contributed by atoms with Crippen LogP contribution in [0.4, 0.5) is 0 Å². The van der Waals surface area contributed by atoms with Gasteiger partial charge in [-0.2, -0.15) is 0 Å². The molecular weight excluding hydrogens is 250 g/mol. The topological polar surface area (TPSA) is 55.4 Å². The molecule has 0 bridgehead atoms. The lowest BCUT2D eigenvalue weighted by Gasteiger charge is -2.06. The number of benzene rings is 1. The van der Waals surface area contributed by atoms with Crippen LogP contribution < -0.4 is 10.1 Å². The summed E-state index contributed by atoms with van der Waals surface area (Å²) in [4.78, 5) is 0. The van der Waals surface area contributed by atoms with Crippen LogP contribution >= 0.6 is 0 Å². The first kappa shape index (κ1) is 15.0. The van der Waals surface area contributed by atoms with Crippen molar-refractivity contribution < 1.29 is 13.2 Å². The largest absolute Gasteiger partial charge is 0.494 e. The molecule has 4 nitrogen and oxygen atoms in total. The summed E-state index contributed by atoms with van der Waals surface area (Å²) in [6.07, 6.45) is 1.91. The fraction of sp³-hybridized carbons (Fsp3) is 0.538. The second-order valence-corrected chi connectivity index (χ2v) is 6.50. The molecule has 0 saturated heterocycles. The molecule has 0 aromatic heterocycles. The summed E-state index contributed by atoms with van der Waals surface area (Å²) in [6.45, 7) is 4.08. The number of hydrogen-bond acceptors (Lipinski definition) is 4. The highest BCUT2D eigenvalue weighted by atomic mass is 32.2. The maximum absolute atomic E-state index is 10.9. The number of hydrogen-bond donors (Lipinski definition) is 1. The fourth-order valence-electron chi connectivity index (χ4n) is 1.56. The third kappa shape index (κ3) is 6.61. The molecule has 0 aliphatic heterocycles. The van der Waals surface area contributed by atoms with Gasteiger partial charge in [0.05, 0.1) is 12.4 Å². The number of nitrogens with one attached hydrogen (secondary N) is 1. The highest BCUT2D eigenvalue weighted by Gasteiger charge is 2.00. The first-order chi connectivity index (χ1) is 8.51. The van der Waals surface area contributed by atoms with Gasteiger partial charge < -0.3 is 10.1 Å². The lowest BCUT2D eigenvalue weighted by molar-refractivity contribution is 0.340. The molecule has 0 aliphatic rings. The molecule has 0 atom stereocenters. The van der Waals surface area contributed by atoms with Gasteiger partial charge in [-0.15, -0.1) is 0 Å². The first-order valence-corrected chi connectivity index (χ1v) is 8.17. The predicted octanol–water partition coefficient (Wildman–Crippen LogP) is 1.61. The van der Waals surface area contributed by atoms with Crippen LogP contribution in [0.25, 0.3) is 0 Å². The van der Waals surface area contributed by atoms with Crippen molar-refractivity contribution in [3.05, 3.63) is 29.8 Å². The van der Waals surface area contributed by atoms with Crippen molar-refractivity contribution >= 4 is 9.84 Å². The Hall–Kier alpha value is -1.07. The molecule has 1 aromatic carbocycles. The molecule has 5 heteroatoms. The highest BCUT2D eigenvalue weighted by Crippen LogP contribution is 2.11. The average molecular weight is 271 g/mol. The second kappa shape index (κ2) is 7.38. The molecule has 1 aromatic rings. The van der Waals surface area contributed by atoms with E-state index in [1.54, 1.807) is 0 Å². The minimum absolute atomic E-state index is 0.239. The first-order valence-electron chi connectivity index (χ1n) is 6.11. The van der Waals surface area contributed by atoms with Crippen molar-refractivity contribution in [2.75, 3.05) is 25.2 Å². The summed E-state index contributed by atoms with van der Waals surface area (Å²) >= 11 is 0. The summed E-state index contributed by atoms with van der Waals surface area (Å²) in [5, 5.41) is 3.22. The van der Waals surface area contributed by atoms with Crippen molar-refractivity contribution in [3.8, 4) is 5.75 Å². The predicted molar refractivity (Wildman–Crippen MR) is 73.6 cm³/mol. The Morgan fingerprint density at radius 3 is 2.44 bits per heavy atom. The van der Waals surface area contributed by atoms with Gasteiger partial charge in [0.25, 0.3) is 0 Å². The molecule has 0 aliphatic carbocycles. The van der Waals surface area contributed by atoms with E-state index >= 15 is 0 Å². The quantitative estimate of drug-likeness (QED) is 0.730. The van der Waals surface area contributed by atoms with Gasteiger partial charge in [0, 0.05) is 12.8 Å². The molecule has 0 radical (unpaired) electrons. The van der Waals surface area contributed by atoms with Gasteiger partial charge in [0.2, 0.25) is 0 Å². The zero-order chi connectivity index (χ0) is 13.4. The van der Waals surface area contributed by atoms with Gasteiger partial charge >= 0.3 is 0 Å². The van der Waals surface area contributed by atoms with E-state index in [2.05, 4.69) is 5.32 Å². The molecule has 0 saturated carbocycles. The Kier molecular flexibility index (Phi) is 6.15. The van der Waals surface area contributed by atoms with Crippen LogP contribution in [0.3, 0.4) is 0 Å². The van der Waals surface area contributed by atoms with Crippen LogP contribution in [0.15, 0.2) is 24.3 Å². The fourth-order valence-corrected chi connectivity index (χ4v) is 2.23. The van der Waals surface area contributed by atoms with Gasteiger partial charge in [0.15, 0.2) is 0 Å². The average Bonchev–Trinajstić information content (AvgIpc) is 2.30. The lowest BCUT2D eigenvalue weighted by atomic mass is 10.2. The highest BCUT2D eigenvalue weighted by molar-refractivity contribution is 7.90. The maximum atomic E-state index is 10.9. The van der Waals surface area contributed by atoms with Crippen molar-refractivity contribution in [2.24, 2.45) is 0 Å². The zero-order valence-electron chi connectivity index (χ0n) is 11.0. The van der Waals surface area contributed by atoms with Crippen LogP contribution in [0, 0.1) is 0 Å². The Labute approximate surface area is 109 Å². The van der Waals surface area contributed by atoms with E-state index in [9.17, 15) is 8.42 Å². The van der Waals surface area contributed by atoms with E-state index in [4.69, 9.17) is 4.74 Å². The van der Waals surface area contributed by atoms with Crippen molar-refractivity contribution in [3.63, 3.8) is 0 Å². The summed E-state index contributed by atoms with van der Waals surface area (Å²) in [5.41, 5.74) is 1.16. The normalized spacial score (nSPS) is 11.4. The second-order valence-electron chi connectivity index (χ2n) is 4.24. The standard InChI is InChI=1S/C13H21NO3S/c1-3-17-13-7-5-12(6-8-13)11-14-9-4-10-18(2,15)16/h5-8,14H,3-4,9-11H2,1-2H3. The summed E-state index contributed by atoms with van der Waals surface area (Å²) in [5.74, 6) is 1.11. The monoisotopic (exact) mass is 271 g/mol. The number of sulfone groups is 1. The zero-order valence-corrected chi connectivity index (χ0v) is 11.8. The van der Waals surface area contributed by atoms with Crippen LogP contribution in [-0.4, -0.2) is 33.6 Å². The third-order valence-corrected chi connectivity index (χ3v) is 3.46. The van der Waals surface area contributed by atoms with E-state index in [0.717, 1.165) is 17.9 Å². The molecule has 0 spiro atoms. The molecule has 0 unspecified atom stereocenters. The van der Waals surface area contributed by atoms with Gasteiger partial charge in [0.1, 0.15) is 15.6 Å². The summed E-state index contributed by atoms with van der Waals surface area (Å²) in [6, 6.07) is 7.90. The third-order valence-electron chi connectivity index (χ3n) is 2.43. The van der Waals surface area contributed by atoms with Crippen LogP contribution in [-0.2, 0) is 16.4 Å².